The molecule has 1 heterocycles. The molecule has 6 nitrogen and oxygen atoms in total. The van der Waals surface area contributed by atoms with E-state index in [0.29, 0.717) is 18.1 Å². The summed E-state index contributed by atoms with van der Waals surface area (Å²) in [7, 11) is 0. The molecule has 1 saturated heterocycles. The molecule has 2 aliphatic rings. The van der Waals surface area contributed by atoms with Crippen molar-refractivity contribution in [1.82, 2.24) is 10.6 Å². The van der Waals surface area contributed by atoms with Crippen LogP contribution in [0.2, 0.25) is 5.02 Å². The summed E-state index contributed by atoms with van der Waals surface area (Å²) in [5, 5.41) is 6.45. The van der Waals surface area contributed by atoms with E-state index >= 15 is 0 Å². The van der Waals surface area contributed by atoms with Crippen LogP contribution < -0.4 is 15.5 Å². The average Bonchev–Trinajstić information content (AvgIpc) is 2.62. The fourth-order valence-electron chi connectivity index (χ4n) is 3.33. The molecule has 136 valence electrons. The number of nitrogens with one attached hydrogen (secondary N) is 2. The molecule has 0 spiro atoms. The van der Waals surface area contributed by atoms with Gasteiger partial charge in [-0.05, 0) is 31.0 Å². The first-order valence-corrected chi connectivity index (χ1v) is 9.21. The first kappa shape index (κ1) is 18.0. The number of morpholine rings is 1. The highest BCUT2D eigenvalue weighted by molar-refractivity contribution is 6.30. The van der Waals surface area contributed by atoms with Crippen LogP contribution >= 0.6 is 11.6 Å². The van der Waals surface area contributed by atoms with E-state index in [9.17, 15) is 9.59 Å². The first-order chi connectivity index (χ1) is 12.1. The molecular weight excluding hydrogens is 342 g/mol. The molecule has 25 heavy (non-hydrogen) atoms. The van der Waals surface area contributed by atoms with Crippen LogP contribution in [-0.4, -0.2) is 43.8 Å². The van der Waals surface area contributed by atoms with Gasteiger partial charge in [0.25, 0.3) is 5.91 Å². The van der Waals surface area contributed by atoms with Crippen molar-refractivity contribution in [1.29, 1.82) is 0 Å². The molecule has 7 heteroatoms. The molecule has 1 saturated carbocycles. The number of rotatable bonds is 4. The molecule has 1 aliphatic heterocycles. The lowest BCUT2D eigenvalue weighted by atomic mass is 9.96. The predicted octanol–water partition coefficient (Wildman–Crippen LogP) is 2.70. The molecule has 1 unspecified atom stereocenters. The number of hydrogen-bond acceptors (Lipinski definition) is 3. The minimum absolute atomic E-state index is 0.00308. The normalized spacial score (nSPS) is 21.9. The van der Waals surface area contributed by atoms with Crippen LogP contribution in [0.3, 0.4) is 0 Å². The third-order valence-electron chi connectivity index (χ3n) is 4.68. The minimum Gasteiger partial charge on any atom is -0.365 e. The lowest BCUT2D eigenvalue weighted by molar-refractivity contribution is -0.129. The molecule has 1 aromatic rings. The lowest BCUT2D eigenvalue weighted by Gasteiger charge is -2.33. The largest absolute Gasteiger partial charge is 0.365 e. The Morgan fingerprint density at radius 2 is 2.08 bits per heavy atom. The first-order valence-electron chi connectivity index (χ1n) is 8.84. The number of benzene rings is 1. The Morgan fingerprint density at radius 3 is 2.84 bits per heavy atom. The van der Waals surface area contributed by atoms with Crippen LogP contribution in [0.5, 0.6) is 0 Å². The Morgan fingerprint density at radius 1 is 1.28 bits per heavy atom. The van der Waals surface area contributed by atoms with Gasteiger partial charge in [0.2, 0.25) is 0 Å². The predicted molar refractivity (Wildman–Crippen MR) is 97.0 cm³/mol. The minimum atomic E-state index is -0.242. The van der Waals surface area contributed by atoms with Crippen molar-refractivity contribution in [2.75, 3.05) is 24.6 Å². The zero-order chi connectivity index (χ0) is 17.6. The fourth-order valence-corrected chi connectivity index (χ4v) is 3.52. The standard InChI is InChI=1S/C18H24ClN3O3/c19-13-5-4-8-15(9-13)22-11-16(25-12-17(22)23)10-20-18(24)21-14-6-2-1-3-7-14/h4-5,8-9,14,16H,1-3,6-7,10-12H2,(H2,20,21,24). The van der Waals surface area contributed by atoms with Gasteiger partial charge in [-0.3, -0.25) is 4.79 Å². The molecule has 0 aromatic heterocycles. The third-order valence-corrected chi connectivity index (χ3v) is 4.92. The number of carbonyl (C=O) groups is 2. The van der Waals surface area contributed by atoms with Gasteiger partial charge in [0.15, 0.2) is 0 Å². The summed E-state index contributed by atoms with van der Waals surface area (Å²) in [6, 6.07) is 7.28. The number of amides is 3. The number of halogens is 1. The highest BCUT2D eigenvalue weighted by Crippen LogP contribution is 2.22. The Labute approximate surface area is 152 Å². The monoisotopic (exact) mass is 365 g/mol. The summed E-state index contributed by atoms with van der Waals surface area (Å²) in [6.07, 6.45) is 5.45. The molecule has 3 amide bonds. The van der Waals surface area contributed by atoms with Crippen LogP contribution in [0.1, 0.15) is 32.1 Å². The van der Waals surface area contributed by atoms with Gasteiger partial charge in [-0.2, -0.15) is 0 Å². The molecule has 2 N–H and O–H groups in total. The number of nitrogens with zero attached hydrogens (tertiary/aromatic N) is 1. The summed E-state index contributed by atoms with van der Waals surface area (Å²) < 4.78 is 5.55. The van der Waals surface area contributed by atoms with Crippen LogP contribution in [-0.2, 0) is 9.53 Å². The lowest BCUT2D eigenvalue weighted by Crippen LogP contribution is -2.52. The van der Waals surface area contributed by atoms with E-state index in [0.717, 1.165) is 18.5 Å². The quantitative estimate of drug-likeness (QED) is 0.861. The SMILES string of the molecule is O=C(NCC1CN(c2cccc(Cl)c2)C(=O)CO1)NC1CCCCC1. The van der Waals surface area contributed by atoms with Crippen molar-refractivity contribution in [3.63, 3.8) is 0 Å². The molecule has 0 bridgehead atoms. The van der Waals surface area contributed by atoms with Gasteiger partial charge in [0, 0.05) is 23.3 Å². The Balaban J connectivity index is 1.49. The van der Waals surface area contributed by atoms with E-state index in [2.05, 4.69) is 10.6 Å². The van der Waals surface area contributed by atoms with Gasteiger partial charge in [0.1, 0.15) is 6.61 Å². The summed E-state index contributed by atoms with van der Waals surface area (Å²) in [6.45, 7) is 0.759. The maximum atomic E-state index is 12.1. The summed E-state index contributed by atoms with van der Waals surface area (Å²) in [4.78, 5) is 25.8. The van der Waals surface area contributed by atoms with E-state index in [1.165, 1.54) is 19.3 Å². The van der Waals surface area contributed by atoms with Crippen LogP contribution in [0.15, 0.2) is 24.3 Å². The average molecular weight is 366 g/mol. The number of hydrogen-bond donors (Lipinski definition) is 2. The third kappa shape index (κ3) is 5.09. The Hall–Kier alpha value is -1.79. The van der Waals surface area contributed by atoms with E-state index in [4.69, 9.17) is 16.3 Å². The second-order valence-electron chi connectivity index (χ2n) is 6.61. The van der Waals surface area contributed by atoms with Gasteiger partial charge in [0.05, 0.1) is 12.6 Å². The van der Waals surface area contributed by atoms with Crippen molar-refractivity contribution in [3.8, 4) is 0 Å². The van der Waals surface area contributed by atoms with Crippen molar-refractivity contribution in [2.45, 2.75) is 44.2 Å². The molecule has 3 rings (SSSR count). The topological polar surface area (TPSA) is 70.7 Å². The van der Waals surface area contributed by atoms with E-state index in [-0.39, 0.29) is 30.7 Å². The second-order valence-corrected chi connectivity index (χ2v) is 7.04. The summed E-state index contributed by atoms with van der Waals surface area (Å²) >= 11 is 6.01. The molecule has 1 atom stereocenters. The van der Waals surface area contributed by atoms with Crippen molar-refractivity contribution in [2.24, 2.45) is 0 Å². The van der Waals surface area contributed by atoms with Crippen molar-refractivity contribution in [3.05, 3.63) is 29.3 Å². The molecular formula is C18H24ClN3O3. The molecule has 1 aromatic carbocycles. The van der Waals surface area contributed by atoms with Gasteiger partial charge in [-0.15, -0.1) is 0 Å². The maximum Gasteiger partial charge on any atom is 0.315 e. The zero-order valence-electron chi connectivity index (χ0n) is 14.2. The second kappa shape index (κ2) is 8.54. The van der Waals surface area contributed by atoms with Crippen molar-refractivity contribution >= 4 is 29.2 Å². The fraction of sp³-hybridized carbons (Fsp3) is 0.556. The van der Waals surface area contributed by atoms with Gasteiger partial charge in [-0.1, -0.05) is 36.9 Å². The van der Waals surface area contributed by atoms with E-state index in [1.807, 2.05) is 12.1 Å². The smallest absolute Gasteiger partial charge is 0.315 e. The van der Waals surface area contributed by atoms with E-state index < -0.39 is 0 Å². The van der Waals surface area contributed by atoms with Crippen LogP contribution in [0, 0.1) is 0 Å². The van der Waals surface area contributed by atoms with Gasteiger partial charge in [-0.25, -0.2) is 4.79 Å². The molecule has 1 aliphatic carbocycles. The highest BCUT2D eigenvalue weighted by Gasteiger charge is 2.28. The summed E-state index contributed by atoms with van der Waals surface area (Å²) in [5.41, 5.74) is 0.748. The Kier molecular flexibility index (Phi) is 6.15. The number of urea groups is 1. The van der Waals surface area contributed by atoms with Crippen molar-refractivity contribution < 1.29 is 14.3 Å². The number of anilines is 1. The van der Waals surface area contributed by atoms with Crippen LogP contribution in [0.25, 0.3) is 0 Å². The molecule has 2 fully saturated rings. The number of carbonyl (C=O) groups excluding carboxylic acids is 2. The zero-order valence-corrected chi connectivity index (χ0v) is 14.9. The Bertz CT molecular complexity index is 619. The number of ether oxygens (including phenoxy) is 1. The maximum absolute atomic E-state index is 12.1. The highest BCUT2D eigenvalue weighted by atomic mass is 35.5. The molecule has 0 radical (unpaired) electrons. The van der Waals surface area contributed by atoms with Crippen LogP contribution in [0.4, 0.5) is 10.5 Å². The van der Waals surface area contributed by atoms with E-state index in [1.54, 1.807) is 17.0 Å². The van der Waals surface area contributed by atoms with Gasteiger partial charge < -0.3 is 20.3 Å². The summed E-state index contributed by atoms with van der Waals surface area (Å²) in [5.74, 6) is -0.106. The van der Waals surface area contributed by atoms with Gasteiger partial charge >= 0.3 is 6.03 Å².